The van der Waals surface area contributed by atoms with Gasteiger partial charge in [-0.25, -0.2) is 14.4 Å². The molecule has 0 radical (unpaired) electrons. The standard InChI is InChI=1S/C5H8N4O3/c1-2-6-9-4(11)7-3(10)8-5(9)12/h6H,2H2,1H3,(H2,7,8,10,11,12). The number of aromatic nitrogens is 3. The molecule has 66 valence electrons. The van der Waals surface area contributed by atoms with Crippen LogP contribution in [0.2, 0.25) is 0 Å². The largest absolute Gasteiger partial charge is 0.352 e. The lowest BCUT2D eigenvalue weighted by atomic mass is 10.8. The van der Waals surface area contributed by atoms with Crippen molar-refractivity contribution < 1.29 is 0 Å². The van der Waals surface area contributed by atoms with Crippen LogP contribution in [0.3, 0.4) is 0 Å². The second-order valence-corrected chi connectivity index (χ2v) is 2.04. The molecule has 3 N–H and O–H groups in total. The summed E-state index contributed by atoms with van der Waals surface area (Å²) in [5.74, 6) is 0. The molecule has 1 aromatic heterocycles. The van der Waals surface area contributed by atoms with E-state index in [1.807, 2.05) is 9.97 Å². The SMILES string of the molecule is CCNn1c(=O)[nH]c(=O)[nH]c1=O. The van der Waals surface area contributed by atoms with Gasteiger partial charge >= 0.3 is 17.1 Å². The zero-order valence-electron chi connectivity index (χ0n) is 6.38. The highest BCUT2D eigenvalue weighted by Gasteiger charge is 1.98. The molecule has 7 nitrogen and oxygen atoms in total. The Morgan fingerprint density at radius 2 is 1.75 bits per heavy atom. The molecule has 0 saturated heterocycles. The van der Waals surface area contributed by atoms with Gasteiger partial charge in [0.15, 0.2) is 0 Å². The van der Waals surface area contributed by atoms with E-state index < -0.39 is 17.1 Å². The summed E-state index contributed by atoms with van der Waals surface area (Å²) in [6.45, 7) is 2.13. The smallest absolute Gasteiger partial charge is 0.318 e. The van der Waals surface area contributed by atoms with Crippen LogP contribution in [0.4, 0.5) is 0 Å². The Bertz CT molecular complexity index is 391. The average molecular weight is 172 g/mol. The van der Waals surface area contributed by atoms with E-state index in [9.17, 15) is 14.4 Å². The molecule has 0 unspecified atom stereocenters. The average Bonchev–Trinajstić information content (AvgIpc) is 1.96. The van der Waals surface area contributed by atoms with Gasteiger partial charge in [0.2, 0.25) is 0 Å². The van der Waals surface area contributed by atoms with Crippen molar-refractivity contribution in [1.82, 2.24) is 14.6 Å². The highest BCUT2D eigenvalue weighted by molar-refractivity contribution is 4.74. The lowest BCUT2D eigenvalue weighted by molar-refractivity contribution is 0.700. The van der Waals surface area contributed by atoms with Crippen LogP contribution >= 0.6 is 0 Å². The van der Waals surface area contributed by atoms with E-state index >= 15 is 0 Å². The summed E-state index contributed by atoms with van der Waals surface area (Å²) in [6, 6.07) is 0. The van der Waals surface area contributed by atoms with Crippen molar-refractivity contribution in [2.24, 2.45) is 0 Å². The lowest BCUT2D eigenvalue weighted by Crippen LogP contribution is -2.47. The van der Waals surface area contributed by atoms with E-state index in [1.54, 1.807) is 6.92 Å². The molecule has 0 aliphatic heterocycles. The minimum atomic E-state index is -0.806. The minimum Gasteiger partial charge on any atom is -0.318 e. The first-order valence-corrected chi connectivity index (χ1v) is 3.34. The number of hydrogen-bond donors (Lipinski definition) is 3. The maximum absolute atomic E-state index is 10.9. The Labute approximate surface area is 66.0 Å². The molecular weight excluding hydrogens is 164 g/mol. The molecule has 1 heterocycles. The van der Waals surface area contributed by atoms with Gasteiger partial charge in [-0.05, 0) is 6.92 Å². The van der Waals surface area contributed by atoms with E-state index in [0.29, 0.717) is 11.2 Å². The Hall–Kier alpha value is -1.79. The Balaban J connectivity index is 3.39. The molecule has 0 bridgehead atoms. The van der Waals surface area contributed by atoms with Gasteiger partial charge in [0.05, 0.1) is 0 Å². The zero-order chi connectivity index (χ0) is 9.14. The first-order chi connectivity index (χ1) is 5.65. The number of nitrogens with one attached hydrogen (secondary N) is 3. The topological polar surface area (TPSA) is 99.8 Å². The maximum atomic E-state index is 10.9. The first kappa shape index (κ1) is 8.31. The molecule has 0 amide bonds. The molecule has 1 rings (SSSR count). The predicted molar refractivity (Wildman–Crippen MR) is 41.8 cm³/mol. The van der Waals surface area contributed by atoms with Crippen molar-refractivity contribution in [3.63, 3.8) is 0 Å². The third-order valence-corrected chi connectivity index (χ3v) is 1.16. The Kier molecular flexibility index (Phi) is 2.13. The molecule has 12 heavy (non-hydrogen) atoms. The number of aromatic amines is 2. The normalized spacial score (nSPS) is 9.75. The van der Waals surface area contributed by atoms with Gasteiger partial charge in [-0.1, -0.05) is 0 Å². The summed E-state index contributed by atoms with van der Waals surface area (Å²) in [4.78, 5) is 36.1. The Morgan fingerprint density at radius 3 is 2.17 bits per heavy atom. The molecule has 0 spiro atoms. The van der Waals surface area contributed by atoms with E-state index in [0.717, 1.165) is 0 Å². The van der Waals surface area contributed by atoms with Crippen LogP contribution in [0, 0.1) is 0 Å². The highest BCUT2D eigenvalue weighted by Crippen LogP contribution is 1.54. The third kappa shape index (κ3) is 1.44. The van der Waals surface area contributed by atoms with Crippen LogP contribution in [-0.2, 0) is 0 Å². The summed E-state index contributed by atoms with van der Waals surface area (Å²) in [7, 11) is 0. The molecular formula is C5H8N4O3. The van der Waals surface area contributed by atoms with Gasteiger partial charge in [0.25, 0.3) is 0 Å². The quantitative estimate of drug-likeness (QED) is 0.470. The monoisotopic (exact) mass is 172 g/mol. The molecule has 0 aromatic carbocycles. The van der Waals surface area contributed by atoms with Gasteiger partial charge < -0.3 is 5.43 Å². The third-order valence-electron chi connectivity index (χ3n) is 1.16. The first-order valence-electron chi connectivity index (χ1n) is 3.34. The van der Waals surface area contributed by atoms with Crippen LogP contribution in [0.15, 0.2) is 14.4 Å². The number of H-pyrrole nitrogens is 2. The fraction of sp³-hybridized carbons (Fsp3) is 0.400. The molecule has 0 atom stereocenters. The van der Waals surface area contributed by atoms with E-state index in [-0.39, 0.29) is 0 Å². The Morgan fingerprint density at radius 1 is 1.25 bits per heavy atom. The lowest BCUT2D eigenvalue weighted by Gasteiger charge is -2.01. The summed E-state index contributed by atoms with van der Waals surface area (Å²) in [6.07, 6.45) is 0. The van der Waals surface area contributed by atoms with Crippen LogP contribution < -0.4 is 22.5 Å². The van der Waals surface area contributed by atoms with Crippen LogP contribution in [0.25, 0.3) is 0 Å². The summed E-state index contributed by atoms with van der Waals surface area (Å²) >= 11 is 0. The summed E-state index contributed by atoms with van der Waals surface area (Å²) < 4.78 is 0.696. The second-order valence-electron chi connectivity index (χ2n) is 2.04. The molecule has 0 aliphatic carbocycles. The number of nitrogens with zero attached hydrogens (tertiary/aromatic N) is 1. The van der Waals surface area contributed by atoms with Gasteiger partial charge in [0, 0.05) is 6.54 Å². The minimum absolute atomic E-state index is 0.412. The van der Waals surface area contributed by atoms with Gasteiger partial charge in [-0.15, -0.1) is 0 Å². The van der Waals surface area contributed by atoms with Gasteiger partial charge in [0.1, 0.15) is 0 Å². The highest BCUT2D eigenvalue weighted by atomic mass is 16.2. The van der Waals surface area contributed by atoms with Crippen LogP contribution in [0.1, 0.15) is 6.92 Å². The van der Waals surface area contributed by atoms with Crippen molar-refractivity contribution in [3.05, 3.63) is 31.5 Å². The van der Waals surface area contributed by atoms with Crippen LogP contribution in [0.5, 0.6) is 0 Å². The molecule has 0 saturated carbocycles. The van der Waals surface area contributed by atoms with Crippen molar-refractivity contribution in [2.75, 3.05) is 12.0 Å². The van der Waals surface area contributed by atoms with Gasteiger partial charge in [-0.3, -0.25) is 9.97 Å². The van der Waals surface area contributed by atoms with Crippen molar-refractivity contribution in [2.45, 2.75) is 6.92 Å². The molecule has 0 fully saturated rings. The zero-order valence-corrected chi connectivity index (χ0v) is 6.38. The molecule has 1 aromatic rings. The molecule has 0 aliphatic rings. The predicted octanol–water partition coefficient (Wildman–Crippen LogP) is -2.21. The van der Waals surface area contributed by atoms with Crippen molar-refractivity contribution >= 4 is 0 Å². The maximum Gasteiger partial charge on any atom is 0.352 e. The van der Waals surface area contributed by atoms with Crippen molar-refractivity contribution in [3.8, 4) is 0 Å². The fourth-order valence-electron chi connectivity index (χ4n) is 0.731. The number of rotatable bonds is 2. The van der Waals surface area contributed by atoms with Gasteiger partial charge in [-0.2, -0.15) is 4.68 Å². The summed E-state index contributed by atoms with van der Waals surface area (Å²) in [5, 5.41) is 0. The van der Waals surface area contributed by atoms with E-state index in [4.69, 9.17) is 0 Å². The summed E-state index contributed by atoms with van der Waals surface area (Å²) in [5.41, 5.74) is 0.110. The number of hydrogen-bond acceptors (Lipinski definition) is 4. The van der Waals surface area contributed by atoms with Crippen LogP contribution in [-0.4, -0.2) is 21.2 Å². The second kappa shape index (κ2) is 3.07. The molecule has 7 heteroatoms. The van der Waals surface area contributed by atoms with E-state index in [1.165, 1.54) is 0 Å². The fourth-order valence-corrected chi connectivity index (χ4v) is 0.731. The van der Waals surface area contributed by atoms with E-state index in [2.05, 4.69) is 5.43 Å². The van der Waals surface area contributed by atoms with Crippen molar-refractivity contribution in [1.29, 1.82) is 0 Å².